The summed E-state index contributed by atoms with van der Waals surface area (Å²) in [5, 5.41) is 10.4. The van der Waals surface area contributed by atoms with Gasteiger partial charge in [-0.05, 0) is 44.1 Å². The van der Waals surface area contributed by atoms with Crippen LogP contribution in [0.1, 0.15) is 67.4 Å². The molecule has 5 aromatic rings. The minimum atomic E-state index is -0.272. The van der Waals surface area contributed by atoms with Crippen molar-refractivity contribution in [1.82, 2.24) is 10.4 Å². The third kappa shape index (κ3) is 10.8. The molecule has 0 aromatic heterocycles. The summed E-state index contributed by atoms with van der Waals surface area (Å²) >= 11 is 0. The molecule has 0 radical (unpaired) electrons. The fraction of sp³-hybridized carbons (Fsp3) is 0.122. The standard InChI is InChI=1S/C22H18N2O.C16H15N2OP.3CH4/c25-22(19-14-8-3-9-15-19)24-21(18-12-6-2-7-13-18)16-20(23-24)17-10-4-1-5-11-17;19-16(20)18-17-15(14-9-5-2-6-10-14)12-11-13-7-3-1-4-8-13;;;/h1-15,21H,16H2;1-12H,20H2,(H,18,19);3*1H4/b;12-11+,17-15-;;;. The van der Waals surface area contributed by atoms with Crippen molar-refractivity contribution in [3.05, 3.63) is 186 Å². The molecule has 48 heavy (non-hydrogen) atoms. The van der Waals surface area contributed by atoms with Crippen LogP contribution in [-0.4, -0.2) is 28.0 Å². The number of hydrogen-bond acceptors (Lipinski definition) is 4. The largest absolute Gasteiger partial charge is 0.274 e. The fourth-order valence-electron chi connectivity index (χ4n) is 4.81. The highest BCUT2D eigenvalue weighted by molar-refractivity contribution is 7.39. The molecular formula is C41H45N4O2P. The molecule has 2 amide bonds. The van der Waals surface area contributed by atoms with Gasteiger partial charge in [0.05, 0.1) is 17.5 Å². The van der Waals surface area contributed by atoms with E-state index in [1.54, 1.807) is 5.01 Å². The third-order valence-electron chi connectivity index (χ3n) is 7.02. The summed E-state index contributed by atoms with van der Waals surface area (Å²) < 4.78 is 0. The molecule has 2 atom stereocenters. The number of nitrogens with zero attached hydrogens (tertiary/aromatic N) is 3. The van der Waals surface area contributed by atoms with Crippen LogP contribution < -0.4 is 5.43 Å². The zero-order valence-corrected chi connectivity index (χ0v) is 25.8. The van der Waals surface area contributed by atoms with Crippen LogP contribution in [0.2, 0.25) is 0 Å². The molecule has 246 valence electrons. The van der Waals surface area contributed by atoms with Crippen LogP contribution in [0.3, 0.4) is 0 Å². The Kier molecular flexibility index (Phi) is 16.1. The summed E-state index contributed by atoms with van der Waals surface area (Å²) in [6.07, 6.45) is 4.55. The van der Waals surface area contributed by atoms with E-state index in [4.69, 9.17) is 5.10 Å². The highest BCUT2D eigenvalue weighted by Crippen LogP contribution is 2.33. The molecule has 1 aliphatic heterocycles. The molecule has 0 spiro atoms. The van der Waals surface area contributed by atoms with E-state index in [2.05, 4.69) is 22.7 Å². The Morgan fingerprint density at radius 3 is 1.71 bits per heavy atom. The molecule has 1 N–H and O–H groups in total. The van der Waals surface area contributed by atoms with Crippen molar-refractivity contribution in [3.63, 3.8) is 0 Å². The van der Waals surface area contributed by atoms with Crippen LogP contribution in [0.5, 0.6) is 0 Å². The van der Waals surface area contributed by atoms with Gasteiger partial charge >= 0.3 is 0 Å². The quantitative estimate of drug-likeness (QED) is 0.108. The lowest BCUT2D eigenvalue weighted by Gasteiger charge is -2.22. The first-order valence-electron chi connectivity index (χ1n) is 14.6. The molecule has 0 aliphatic carbocycles. The summed E-state index contributed by atoms with van der Waals surface area (Å²) in [6, 6.07) is 49.1. The van der Waals surface area contributed by atoms with Crippen molar-refractivity contribution in [1.29, 1.82) is 0 Å². The highest BCUT2D eigenvalue weighted by atomic mass is 31.0. The maximum Gasteiger partial charge on any atom is 0.274 e. The van der Waals surface area contributed by atoms with Gasteiger partial charge in [-0.15, -0.1) is 0 Å². The molecule has 0 bridgehead atoms. The molecule has 6 nitrogen and oxygen atoms in total. The van der Waals surface area contributed by atoms with Crippen LogP contribution in [-0.2, 0) is 0 Å². The summed E-state index contributed by atoms with van der Waals surface area (Å²) in [7, 11) is 2.04. The Bertz CT molecular complexity index is 1780. The van der Waals surface area contributed by atoms with Crippen molar-refractivity contribution < 1.29 is 9.59 Å². The summed E-state index contributed by atoms with van der Waals surface area (Å²) in [5.74, 6) is -0.0691. The molecule has 6 rings (SSSR count). The molecule has 1 heterocycles. The monoisotopic (exact) mass is 656 g/mol. The molecule has 0 fully saturated rings. The topological polar surface area (TPSA) is 74.1 Å². The number of carbonyl (C=O) groups excluding carboxylic acids is 2. The summed E-state index contributed by atoms with van der Waals surface area (Å²) in [6.45, 7) is 0. The number of hydrogen-bond donors (Lipinski definition) is 1. The molecule has 5 aromatic carbocycles. The van der Waals surface area contributed by atoms with Gasteiger partial charge in [0.25, 0.3) is 11.6 Å². The van der Waals surface area contributed by atoms with E-state index in [0.29, 0.717) is 17.7 Å². The van der Waals surface area contributed by atoms with Gasteiger partial charge in [0.2, 0.25) is 0 Å². The van der Waals surface area contributed by atoms with Gasteiger partial charge in [-0.2, -0.15) is 10.2 Å². The maximum atomic E-state index is 13.0. The lowest BCUT2D eigenvalue weighted by molar-refractivity contribution is 0.0711. The third-order valence-corrected chi connectivity index (χ3v) is 7.15. The molecule has 0 saturated carbocycles. The first-order chi connectivity index (χ1) is 22.1. The second kappa shape index (κ2) is 19.9. The molecule has 0 saturated heterocycles. The Labute approximate surface area is 288 Å². The molecule has 1 aliphatic rings. The predicted molar refractivity (Wildman–Crippen MR) is 206 cm³/mol. The highest BCUT2D eigenvalue weighted by Gasteiger charge is 2.33. The zero-order chi connectivity index (χ0) is 31.3. The number of hydrazone groups is 2. The number of allylic oxidation sites excluding steroid dienone is 1. The van der Waals surface area contributed by atoms with Crippen molar-refractivity contribution in [2.24, 2.45) is 10.2 Å². The lowest BCUT2D eigenvalue weighted by Crippen LogP contribution is -2.27. The van der Waals surface area contributed by atoms with Crippen LogP contribution in [0.15, 0.2) is 168 Å². The van der Waals surface area contributed by atoms with Crippen LogP contribution >= 0.6 is 9.24 Å². The van der Waals surface area contributed by atoms with Gasteiger partial charge in [-0.3, -0.25) is 9.59 Å². The number of benzene rings is 5. The lowest BCUT2D eigenvalue weighted by atomic mass is 9.98. The smallest absolute Gasteiger partial charge is 0.269 e. The zero-order valence-electron chi connectivity index (χ0n) is 24.6. The summed E-state index contributed by atoms with van der Waals surface area (Å²) in [5.41, 5.74) is 8.65. The fourth-order valence-corrected chi connectivity index (χ4v) is 4.88. The Morgan fingerprint density at radius 2 is 1.17 bits per heavy atom. The van der Waals surface area contributed by atoms with Gasteiger partial charge in [-0.1, -0.05) is 168 Å². The van der Waals surface area contributed by atoms with Crippen molar-refractivity contribution >= 4 is 38.3 Å². The van der Waals surface area contributed by atoms with E-state index >= 15 is 0 Å². The Balaban J connectivity index is 0.000000321. The minimum Gasteiger partial charge on any atom is -0.269 e. The van der Waals surface area contributed by atoms with E-state index < -0.39 is 0 Å². The van der Waals surface area contributed by atoms with Crippen molar-refractivity contribution in [2.45, 2.75) is 34.7 Å². The molecule has 7 heteroatoms. The van der Waals surface area contributed by atoms with E-state index in [1.807, 2.05) is 161 Å². The van der Waals surface area contributed by atoms with E-state index in [0.717, 1.165) is 28.0 Å². The van der Waals surface area contributed by atoms with Crippen LogP contribution in [0.4, 0.5) is 4.79 Å². The van der Waals surface area contributed by atoms with Crippen LogP contribution in [0, 0.1) is 0 Å². The molecular weight excluding hydrogens is 611 g/mol. The second-order valence-electron chi connectivity index (χ2n) is 10.1. The van der Waals surface area contributed by atoms with Gasteiger partial charge in [-0.25, -0.2) is 10.4 Å². The first-order valence-corrected chi connectivity index (χ1v) is 15.1. The van der Waals surface area contributed by atoms with Crippen molar-refractivity contribution in [3.8, 4) is 0 Å². The molecule has 2 unspecified atom stereocenters. The number of rotatable bonds is 7. The van der Waals surface area contributed by atoms with Gasteiger partial charge < -0.3 is 0 Å². The number of amides is 2. The number of nitrogens with one attached hydrogen (secondary N) is 1. The average Bonchev–Trinajstić information content (AvgIpc) is 3.56. The first kappa shape index (κ1) is 38.7. The normalized spacial score (nSPS) is 13.4. The van der Waals surface area contributed by atoms with Gasteiger partial charge in [0, 0.05) is 17.5 Å². The predicted octanol–water partition coefficient (Wildman–Crippen LogP) is 10.3. The Morgan fingerprint density at radius 1 is 0.688 bits per heavy atom. The number of carbonyl (C=O) groups is 2. The minimum absolute atomic E-state index is 0. The maximum absolute atomic E-state index is 13.0. The van der Waals surface area contributed by atoms with Crippen molar-refractivity contribution in [2.75, 3.05) is 0 Å². The van der Waals surface area contributed by atoms with E-state index in [1.165, 1.54) is 0 Å². The van der Waals surface area contributed by atoms with Crippen LogP contribution in [0.25, 0.3) is 6.08 Å². The van der Waals surface area contributed by atoms with Gasteiger partial charge in [0.15, 0.2) is 0 Å². The van der Waals surface area contributed by atoms with E-state index in [9.17, 15) is 9.59 Å². The SMILES string of the molecule is C.C.C.O=C(P)N/N=C(/C=C/c1ccccc1)c1ccccc1.O=C(c1ccccc1)N1N=C(c2ccccc2)CC1c1ccccc1. The average molecular weight is 657 g/mol. The van der Waals surface area contributed by atoms with Gasteiger partial charge in [0.1, 0.15) is 0 Å². The summed E-state index contributed by atoms with van der Waals surface area (Å²) in [4.78, 5) is 24.0. The second-order valence-corrected chi connectivity index (χ2v) is 10.7. The Hall–Kier alpha value is -5.45. The van der Waals surface area contributed by atoms with E-state index in [-0.39, 0.29) is 39.9 Å².